The van der Waals surface area contributed by atoms with Gasteiger partial charge in [-0.15, -0.1) is 0 Å². The molecule has 3 heteroatoms. The van der Waals surface area contributed by atoms with Crippen LogP contribution >= 0.6 is 23.4 Å². The van der Waals surface area contributed by atoms with Crippen molar-refractivity contribution in [3.8, 4) is 0 Å². The van der Waals surface area contributed by atoms with Crippen LogP contribution in [0.3, 0.4) is 0 Å². The van der Waals surface area contributed by atoms with Gasteiger partial charge in [-0.2, -0.15) is 11.8 Å². The zero-order valence-electron chi connectivity index (χ0n) is 10.2. The molecule has 0 spiro atoms. The minimum absolute atomic E-state index is 0.353. The monoisotopic (exact) mass is 257 g/mol. The van der Waals surface area contributed by atoms with Crippen molar-refractivity contribution >= 4 is 23.4 Å². The van der Waals surface area contributed by atoms with E-state index in [2.05, 4.69) is 32.2 Å². The molecule has 0 saturated heterocycles. The largest absolute Gasteiger partial charge is 0.312 e. The van der Waals surface area contributed by atoms with E-state index in [0.29, 0.717) is 4.75 Å². The average Bonchev–Trinajstić information content (AvgIpc) is 2.18. The third-order valence-electron chi connectivity index (χ3n) is 2.09. The summed E-state index contributed by atoms with van der Waals surface area (Å²) < 4.78 is 0.353. The summed E-state index contributed by atoms with van der Waals surface area (Å²) in [5.41, 5.74) is 1.17. The lowest BCUT2D eigenvalue weighted by Gasteiger charge is -2.17. The first-order valence-electron chi connectivity index (χ1n) is 5.57. The fourth-order valence-electron chi connectivity index (χ4n) is 1.29. The van der Waals surface area contributed by atoms with Crippen molar-refractivity contribution in [3.63, 3.8) is 0 Å². The molecule has 0 aliphatic rings. The molecule has 90 valence electrons. The second-order valence-electron chi connectivity index (χ2n) is 4.73. The highest BCUT2D eigenvalue weighted by atomic mass is 35.5. The maximum absolute atomic E-state index is 6.06. The van der Waals surface area contributed by atoms with Crippen LogP contribution in [0.2, 0.25) is 5.02 Å². The van der Waals surface area contributed by atoms with Crippen LogP contribution in [0.25, 0.3) is 0 Å². The molecule has 0 unspecified atom stereocenters. The van der Waals surface area contributed by atoms with E-state index >= 15 is 0 Å². The van der Waals surface area contributed by atoms with Crippen LogP contribution in [0.5, 0.6) is 0 Å². The first kappa shape index (κ1) is 13.9. The van der Waals surface area contributed by atoms with Gasteiger partial charge in [-0.1, -0.05) is 50.6 Å². The maximum atomic E-state index is 6.06. The topological polar surface area (TPSA) is 12.0 Å². The Labute approximate surface area is 108 Å². The van der Waals surface area contributed by atoms with E-state index in [4.69, 9.17) is 11.6 Å². The molecule has 1 N–H and O–H groups in total. The molecule has 0 atom stereocenters. The molecule has 1 aromatic carbocycles. The Hall–Kier alpha value is -0.180. The van der Waals surface area contributed by atoms with Gasteiger partial charge in [0.05, 0.1) is 0 Å². The molecular formula is C13H20ClNS. The van der Waals surface area contributed by atoms with Crippen molar-refractivity contribution in [2.45, 2.75) is 32.1 Å². The molecular weight excluding hydrogens is 238 g/mol. The summed E-state index contributed by atoms with van der Waals surface area (Å²) in [6, 6.07) is 7.97. The number of thioether (sulfide) groups is 1. The van der Waals surface area contributed by atoms with Gasteiger partial charge in [-0.3, -0.25) is 0 Å². The molecule has 0 fully saturated rings. The van der Waals surface area contributed by atoms with Gasteiger partial charge in [0.15, 0.2) is 0 Å². The number of hydrogen-bond acceptors (Lipinski definition) is 2. The zero-order valence-corrected chi connectivity index (χ0v) is 11.8. The lowest BCUT2D eigenvalue weighted by molar-refractivity contribution is 0.726. The van der Waals surface area contributed by atoms with Crippen molar-refractivity contribution in [3.05, 3.63) is 34.9 Å². The van der Waals surface area contributed by atoms with Crippen molar-refractivity contribution in [2.75, 3.05) is 12.3 Å². The van der Waals surface area contributed by atoms with Gasteiger partial charge in [-0.25, -0.2) is 0 Å². The van der Waals surface area contributed by atoms with Gasteiger partial charge in [-0.05, 0) is 11.6 Å². The molecule has 1 nitrogen and oxygen atoms in total. The van der Waals surface area contributed by atoms with Gasteiger partial charge in [0.25, 0.3) is 0 Å². The number of benzene rings is 1. The van der Waals surface area contributed by atoms with Crippen LogP contribution in [0.4, 0.5) is 0 Å². The average molecular weight is 258 g/mol. The quantitative estimate of drug-likeness (QED) is 0.802. The van der Waals surface area contributed by atoms with Crippen LogP contribution in [0, 0.1) is 0 Å². The third-order valence-corrected chi connectivity index (χ3v) is 3.73. The lowest BCUT2D eigenvalue weighted by Crippen LogP contribution is -2.19. The van der Waals surface area contributed by atoms with E-state index in [1.165, 1.54) is 5.56 Å². The van der Waals surface area contributed by atoms with Crippen molar-refractivity contribution in [2.24, 2.45) is 0 Å². The number of hydrogen-bond donors (Lipinski definition) is 1. The Morgan fingerprint density at radius 3 is 2.56 bits per heavy atom. The van der Waals surface area contributed by atoms with Crippen LogP contribution in [-0.2, 0) is 6.54 Å². The standard InChI is InChI=1S/C13H20ClNS/c1-13(2,3)16-9-8-15-10-11-6-4-5-7-12(11)14/h4-7,15H,8-10H2,1-3H3. The molecule has 0 saturated carbocycles. The summed E-state index contributed by atoms with van der Waals surface area (Å²) in [6.45, 7) is 8.60. The summed E-state index contributed by atoms with van der Waals surface area (Å²) in [6.07, 6.45) is 0. The number of nitrogens with one attached hydrogen (secondary N) is 1. The highest BCUT2D eigenvalue weighted by molar-refractivity contribution is 8.00. The summed E-state index contributed by atoms with van der Waals surface area (Å²) in [4.78, 5) is 0. The summed E-state index contributed by atoms with van der Waals surface area (Å²) >= 11 is 8.04. The highest BCUT2D eigenvalue weighted by Crippen LogP contribution is 2.22. The normalized spacial score (nSPS) is 11.8. The predicted molar refractivity (Wildman–Crippen MR) is 75.4 cm³/mol. The van der Waals surface area contributed by atoms with E-state index < -0.39 is 0 Å². The lowest BCUT2D eigenvalue weighted by atomic mass is 10.2. The van der Waals surface area contributed by atoms with Crippen LogP contribution in [0.1, 0.15) is 26.3 Å². The van der Waals surface area contributed by atoms with E-state index in [-0.39, 0.29) is 0 Å². The van der Waals surface area contributed by atoms with E-state index in [1.807, 2.05) is 30.0 Å². The molecule has 1 rings (SSSR count). The van der Waals surface area contributed by atoms with E-state index in [1.54, 1.807) is 0 Å². The first-order valence-corrected chi connectivity index (χ1v) is 6.93. The second kappa shape index (κ2) is 6.53. The summed E-state index contributed by atoms with van der Waals surface area (Å²) in [7, 11) is 0. The smallest absolute Gasteiger partial charge is 0.0450 e. The second-order valence-corrected chi connectivity index (χ2v) is 7.06. The third kappa shape index (κ3) is 5.78. The molecule has 0 aromatic heterocycles. The molecule has 0 aliphatic heterocycles. The SMILES string of the molecule is CC(C)(C)SCCNCc1ccccc1Cl. The molecule has 0 amide bonds. The molecule has 1 aromatic rings. The highest BCUT2D eigenvalue weighted by Gasteiger charge is 2.09. The van der Waals surface area contributed by atoms with E-state index in [0.717, 1.165) is 23.9 Å². The number of rotatable bonds is 5. The van der Waals surface area contributed by atoms with Crippen LogP contribution < -0.4 is 5.32 Å². The fourth-order valence-corrected chi connectivity index (χ4v) is 2.36. The predicted octanol–water partition coefficient (Wildman–Crippen LogP) is 3.96. The molecule has 0 radical (unpaired) electrons. The minimum atomic E-state index is 0.353. The van der Waals surface area contributed by atoms with Gasteiger partial charge in [0.2, 0.25) is 0 Å². The van der Waals surface area contributed by atoms with Crippen LogP contribution in [0.15, 0.2) is 24.3 Å². The van der Waals surface area contributed by atoms with Gasteiger partial charge in [0, 0.05) is 28.6 Å². The van der Waals surface area contributed by atoms with Gasteiger partial charge >= 0.3 is 0 Å². The Morgan fingerprint density at radius 1 is 1.25 bits per heavy atom. The summed E-state index contributed by atoms with van der Waals surface area (Å²) in [5.74, 6) is 1.13. The van der Waals surface area contributed by atoms with Crippen molar-refractivity contribution < 1.29 is 0 Å². The van der Waals surface area contributed by atoms with Crippen molar-refractivity contribution in [1.82, 2.24) is 5.32 Å². The Bertz CT molecular complexity index is 320. The molecule has 0 heterocycles. The first-order chi connectivity index (χ1) is 7.49. The maximum Gasteiger partial charge on any atom is 0.0450 e. The number of halogens is 1. The molecule has 0 bridgehead atoms. The fraction of sp³-hybridized carbons (Fsp3) is 0.538. The Balaban J connectivity index is 2.19. The van der Waals surface area contributed by atoms with Gasteiger partial charge in [0.1, 0.15) is 0 Å². The van der Waals surface area contributed by atoms with Crippen LogP contribution in [-0.4, -0.2) is 17.0 Å². The minimum Gasteiger partial charge on any atom is -0.312 e. The van der Waals surface area contributed by atoms with Gasteiger partial charge < -0.3 is 5.32 Å². The Kier molecular flexibility index (Phi) is 5.67. The van der Waals surface area contributed by atoms with Crippen molar-refractivity contribution in [1.29, 1.82) is 0 Å². The molecule has 0 aliphatic carbocycles. The van der Waals surface area contributed by atoms with E-state index in [9.17, 15) is 0 Å². The Morgan fingerprint density at radius 2 is 1.94 bits per heavy atom. The molecule has 16 heavy (non-hydrogen) atoms. The zero-order chi connectivity index (χ0) is 12.0. The summed E-state index contributed by atoms with van der Waals surface area (Å²) in [5, 5.41) is 4.26.